The second-order valence-corrected chi connectivity index (χ2v) is 5.21. The van der Waals surface area contributed by atoms with Gasteiger partial charge in [0.2, 0.25) is 0 Å². The molecule has 0 radical (unpaired) electrons. The van der Waals surface area contributed by atoms with Gasteiger partial charge in [0.25, 0.3) is 0 Å². The van der Waals surface area contributed by atoms with E-state index in [1.54, 1.807) is 0 Å². The van der Waals surface area contributed by atoms with Gasteiger partial charge in [-0.15, -0.1) is 0 Å². The Bertz CT molecular complexity index is 263. The highest BCUT2D eigenvalue weighted by Gasteiger charge is 2.25. The van der Waals surface area contributed by atoms with Crippen molar-refractivity contribution in [2.24, 2.45) is 0 Å². The first-order valence-electron chi connectivity index (χ1n) is 7.72. The Labute approximate surface area is 103 Å². The first-order valence-corrected chi connectivity index (χ1v) is 6.72. The molecule has 2 rings (SSSR count). The van der Waals surface area contributed by atoms with E-state index in [1.807, 2.05) is 0 Å². The van der Waals surface area contributed by atoms with Gasteiger partial charge in [-0.05, 0) is 59.2 Å². The second kappa shape index (κ2) is 5.99. The van der Waals surface area contributed by atoms with Gasteiger partial charge in [-0.2, -0.15) is 0 Å². The molecule has 0 saturated carbocycles. The average Bonchev–Trinajstić information content (AvgIpc) is 2.50. The van der Waals surface area contributed by atoms with Crippen molar-refractivity contribution in [2.75, 3.05) is 39.2 Å². The van der Waals surface area contributed by atoms with Gasteiger partial charge in [-0.25, -0.2) is 0 Å². The molecule has 0 aromatic rings. The minimum atomic E-state index is -1.13. The van der Waals surface area contributed by atoms with E-state index in [9.17, 15) is 0 Å². The first-order chi connectivity index (χ1) is 8.50. The molecule has 0 aromatic heterocycles. The SMILES string of the molecule is [2H]C1([2H])CCNCCN1C1CCN(C(C)C)CC1. The monoisotopic (exact) mass is 227 g/mol. The Balaban J connectivity index is 1.94. The molecule has 16 heavy (non-hydrogen) atoms. The number of hydrogen-bond acceptors (Lipinski definition) is 3. The molecule has 2 saturated heterocycles. The minimum Gasteiger partial charge on any atom is -0.315 e. The fourth-order valence-corrected chi connectivity index (χ4v) is 2.72. The molecular formula is C13H27N3. The quantitative estimate of drug-likeness (QED) is 0.763. The lowest BCUT2D eigenvalue weighted by molar-refractivity contribution is 0.0962. The minimum absolute atomic E-state index is 0.426. The van der Waals surface area contributed by atoms with Crippen LogP contribution in [0.3, 0.4) is 0 Å². The van der Waals surface area contributed by atoms with Crippen LogP contribution >= 0.6 is 0 Å². The molecule has 2 aliphatic heterocycles. The van der Waals surface area contributed by atoms with Gasteiger partial charge in [0, 0.05) is 27.9 Å². The highest BCUT2D eigenvalue weighted by atomic mass is 15.2. The standard InChI is InChI=1S/C13H27N3/c1-12(2)15-9-4-13(5-10-15)16-8-3-6-14-7-11-16/h12-14H,3-11H2,1-2H3/i8D2. The zero-order valence-corrected chi connectivity index (χ0v) is 10.7. The summed E-state index contributed by atoms with van der Waals surface area (Å²) < 4.78 is 16.5. The smallest absolute Gasteiger partial charge is 0.0431 e. The molecule has 3 heteroatoms. The van der Waals surface area contributed by atoms with E-state index in [0.29, 0.717) is 18.5 Å². The van der Waals surface area contributed by atoms with E-state index in [0.717, 1.165) is 45.6 Å². The maximum atomic E-state index is 8.23. The first kappa shape index (κ1) is 9.86. The van der Waals surface area contributed by atoms with E-state index >= 15 is 0 Å². The predicted molar refractivity (Wildman–Crippen MR) is 68.8 cm³/mol. The molecule has 0 spiro atoms. The van der Waals surface area contributed by atoms with Crippen LogP contribution in [0, 0.1) is 0 Å². The fraction of sp³-hybridized carbons (Fsp3) is 1.00. The van der Waals surface area contributed by atoms with Gasteiger partial charge in [0.05, 0.1) is 0 Å². The molecule has 3 nitrogen and oxygen atoms in total. The molecule has 0 aliphatic carbocycles. The van der Waals surface area contributed by atoms with Crippen LogP contribution in [0.15, 0.2) is 0 Å². The van der Waals surface area contributed by atoms with Crippen LogP contribution in [-0.4, -0.2) is 61.1 Å². The maximum absolute atomic E-state index is 8.23. The largest absolute Gasteiger partial charge is 0.315 e. The Hall–Kier alpha value is -0.120. The summed E-state index contributed by atoms with van der Waals surface area (Å²) in [5, 5.41) is 3.31. The zero-order chi connectivity index (χ0) is 13.2. The van der Waals surface area contributed by atoms with E-state index in [-0.39, 0.29) is 0 Å². The normalized spacial score (nSPS) is 32.2. The third-order valence-electron chi connectivity index (χ3n) is 3.82. The van der Waals surface area contributed by atoms with Crippen LogP contribution in [0.25, 0.3) is 0 Å². The molecule has 0 atom stereocenters. The fourth-order valence-electron chi connectivity index (χ4n) is 2.72. The number of hydrogen-bond donors (Lipinski definition) is 1. The van der Waals surface area contributed by atoms with E-state index in [4.69, 9.17) is 2.74 Å². The van der Waals surface area contributed by atoms with E-state index in [2.05, 4.69) is 29.0 Å². The van der Waals surface area contributed by atoms with Gasteiger partial charge in [-0.1, -0.05) is 0 Å². The molecule has 2 aliphatic rings. The Morgan fingerprint density at radius 3 is 2.62 bits per heavy atom. The summed E-state index contributed by atoms with van der Waals surface area (Å²) >= 11 is 0. The highest BCUT2D eigenvalue weighted by molar-refractivity contribution is 4.82. The van der Waals surface area contributed by atoms with Crippen LogP contribution in [0.4, 0.5) is 0 Å². The Morgan fingerprint density at radius 2 is 1.94 bits per heavy atom. The molecule has 94 valence electrons. The van der Waals surface area contributed by atoms with Crippen molar-refractivity contribution in [3.63, 3.8) is 0 Å². The van der Waals surface area contributed by atoms with Crippen molar-refractivity contribution in [3.8, 4) is 0 Å². The summed E-state index contributed by atoms with van der Waals surface area (Å²) in [5.41, 5.74) is 0. The summed E-state index contributed by atoms with van der Waals surface area (Å²) in [4.78, 5) is 4.62. The summed E-state index contributed by atoms with van der Waals surface area (Å²) in [5.74, 6) is 0. The summed E-state index contributed by atoms with van der Waals surface area (Å²) in [7, 11) is 0. The molecule has 0 amide bonds. The predicted octanol–water partition coefficient (Wildman–Crippen LogP) is 1.15. The lowest BCUT2D eigenvalue weighted by Crippen LogP contribution is -2.47. The zero-order valence-electron chi connectivity index (χ0n) is 12.7. The van der Waals surface area contributed by atoms with Crippen LogP contribution < -0.4 is 5.32 Å². The van der Waals surface area contributed by atoms with Gasteiger partial charge < -0.3 is 10.2 Å². The molecule has 2 fully saturated rings. The number of piperidine rings is 1. The molecule has 0 aromatic carbocycles. The Kier molecular flexibility index (Phi) is 3.69. The Morgan fingerprint density at radius 1 is 1.19 bits per heavy atom. The van der Waals surface area contributed by atoms with Gasteiger partial charge in [-0.3, -0.25) is 4.90 Å². The number of likely N-dealkylation sites (tertiary alicyclic amines) is 1. The van der Waals surface area contributed by atoms with Crippen LogP contribution in [0.5, 0.6) is 0 Å². The topological polar surface area (TPSA) is 18.5 Å². The lowest BCUT2D eigenvalue weighted by Gasteiger charge is -2.39. The molecule has 2 heterocycles. The summed E-state index contributed by atoms with van der Waals surface area (Å²) in [6.45, 7) is 8.15. The van der Waals surface area contributed by atoms with Crippen molar-refractivity contribution in [1.29, 1.82) is 0 Å². The second-order valence-electron chi connectivity index (χ2n) is 5.21. The third kappa shape index (κ3) is 3.19. The van der Waals surface area contributed by atoms with Gasteiger partial charge >= 0.3 is 0 Å². The van der Waals surface area contributed by atoms with Crippen molar-refractivity contribution in [3.05, 3.63) is 0 Å². The van der Waals surface area contributed by atoms with Gasteiger partial charge in [0.15, 0.2) is 0 Å². The molecule has 0 unspecified atom stereocenters. The van der Waals surface area contributed by atoms with Crippen molar-refractivity contribution < 1.29 is 2.74 Å². The summed E-state index contributed by atoms with van der Waals surface area (Å²) in [6.07, 6.45) is 2.83. The number of rotatable bonds is 2. The number of nitrogens with one attached hydrogen (secondary N) is 1. The maximum Gasteiger partial charge on any atom is 0.0431 e. The highest BCUT2D eigenvalue weighted by Crippen LogP contribution is 2.18. The van der Waals surface area contributed by atoms with Gasteiger partial charge in [0.1, 0.15) is 0 Å². The van der Waals surface area contributed by atoms with Crippen molar-refractivity contribution in [1.82, 2.24) is 15.1 Å². The molecule has 1 N–H and O–H groups in total. The summed E-state index contributed by atoms with van der Waals surface area (Å²) in [6, 6.07) is 1.04. The van der Waals surface area contributed by atoms with Crippen LogP contribution in [-0.2, 0) is 0 Å². The lowest BCUT2D eigenvalue weighted by atomic mass is 10.0. The van der Waals surface area contributed by atoms with E-state index in [1.165, 1.54) is 0 Å². The molecule has 0 bridgehead atoms. The average molecular weight is 227 g/mol. The van der Waals surface area contributed by atoms with Crippen LogP contribution in [0.2, 0.25) is 0 Å². The number of nitrogens with zero attached hydrogens (tertiary/aromatic N) is 2. The third-order valence-corrected chi connectivity index (χ3v) is 3.82. The van der Waals surface area contributed by atoms with Crippen molar-refractivity contribution >= 4 is 0 Å². The van der Waals surface area contributed by atoms with E-state index < -0.39 is 6.50 Å². The van der Waals surface area contributed by atoms with Crippen LogP contribution in [0.1, 0.15) is 35.9 Å². The molecular weight excluding hydrogens is 198 g/mol. The van der Waals surface area contributed by atoms with Crippen molar-refractivity contribution in [2.45, 2.75) is 45.2 Å².